The van der Waals surface area contributed by atoms with Crippen LogP contribution in [0.25, 0.3) is 16.3 Å². The first-order valence-corrected chi connectivity index (χ1v) is 10.6. The van der Waals surface area contributed by atoms with Crippen molar-refractivity contribution in [2.24, 2.45) is 0 Å². The number of tetrazole rings is 1. The Balaban J connectivity index is 1.45. The zero-order valence-electron chi connectivity index (χ0n) is 16.1. The van der Waals surface area contributed by atoms with Crippen molar-refractivity contribution in [2.45, 2.75) is 20.4 Å². The van der Waals surface area contributed by atoms with E-state index in [1.165, 1.54) is 29.3 Å². The molecule has 0 spiro atoms. The summed E-state index contributed by atoms with van der Waals surface area (Å²) in [6, 6.07) is 10.9. The molecule has 3 heterocycles. The number of hydrogen-bond acceptors (Lipinski definition) is 8. The van der Waals surface area contributed by atoms with E-state index in [-0.39, 0.29) is 11.8 Å². The molecule has 2 amide bonds. The third-order valence-electron chi connectivity index (χ3n) is 4.17. The Morgan fingerprint density at radius 3 is 2.60 bits per heavy atom. The summed E-state index contributed by atoms with van der Waals surface area (Å²) < 4.78 is 1.51. The lowest BCUT2D eigenvalue weighted by molar-refractivity contribution is -0.119. The van der Waals surface area contributed by atoms with E-state index in [0.717, 1.165) is 26.0 Å². The largest absolute Gasteiger partial charge is 0.351 e. The third-order valence-corrected chi connectivity index (χ3v) is 6.14. The molecule has 0 aliphatic heterocycles. The molecule has 3 aromatic heterocycles. The van der Waals surface area contributed by atoms with Crippen molar-refractivity contribution < 1.29 is 9.59 Å². The van der Waals surface area contributed by atoms with Gasteiger partial charge in [-0.15, -0.1) is 27.8 Å². The molecule has 0 unspecified atom stereocenters. The third kappa shape index (κ3) is 4.42. The minimum Gasteiger partial charge on any atom is -0.351 e. The molecule has 0 aliphatic rings. The number of aromatic nitrogens is 5. The smallest absolute Gasteiger partial charge is 0.257 e. The van der Waals surface area contributed by atoms with Gasteiger partial charge in [0, 0.05) is 22.2 Å². The van der Waals surface area contributed by atoms with Crippen LogP contribution in [0, 0.1) is 6.92 Å². The van der Waals surface area contributed by atoms with E-state index in [0.29, 0.717) is 17.2 Å². The Hall–Kier alpha value is -3.44. The van der Waals surface area contributed by atoms with Gasteiger partial charge in [0.25, 0.3) is 5.91 Å². The molecule has 0 fully saturated rings. The summed E-state index contributed by atoms with van der Waals surface area (Å²) in [5, 5.41) is 17.2. The number of hydrogen-bond donors (Lipinski definition) is 2. The quantitative estimate of drug-likeness (QED) is 0.477. The van der Waals surface area contributed by atoms with E-state index < -0.39 is 0 Å². The number of benzene rings is 1. The van der Waals surface area contributed by atoms with Crippen molar-refractivity contribution in [2.75, 3.05) is 5.32 Å². The molecule has 152 valence electrons. The minimum atomic E-state index is -0.240. The summed E-state index contributed by atoms with van der Waals surface area (Å²) in [6.45, 7) is 3.96. The zero-order chi connectivity index (χ0) is 21.1. The van der Waals surface area contributed by atoms with Gasteiger partial charge in [-0.3, -0.25) is 14.9 Å². The van der Waals surface area contributed by atoms with Gasteiger partial charge in [-0.05, 0) is 53.7 Å². The van der Waals surface area contributed by atoms with Crippen LogP contribution in [-0.2, 0) is 11.3 Å². The Kier molecular flexibility index (Phi) is 5.63. The Morgan fingerprint density at radius 2 is 1.90 bits per heavy atom. The molecule has 11 heteroatoms. The molecule has 4 aromatic rings. The van der Waals surface area contributed by atoms with E-state index in [2.05, 4.69) is 31.1 Å². The lowest BCUT2D eigenvalue weighted by Gasteiger charge is -2.03. The monoisotopic (exact) mass is 439 g/mol. The normalized spacial score (nSPS) is 10.7. The van der Waals surface area contributed by atoms with Crippen LogP contribution in [0.3, 0.4) is 0 Å². The standard InChI is InChI=1S/C19H17N7O2S2/c1-11-17(16-8-7-15(30-16)9-20-12(2)27)22-19(29-11)23-18(28)13-3-5-14(6-4-13)26-10-21-24-25-26/h3-8,10H,9H2,1-2H3,(H,20,27)(H,22,23,28). The Morgan fingerprint density at radius 1 is 1.10 bits per heavy atom. The fourth-order valence-corrected chi connectivity index (χ4v) is 4.59. The van der Waals surface area contributed by atoms with Crippen LogP contribution >= 0.6 is 22.7 Å². The number of amides is 2. The maximum atomic E-state index is 12.6. The molecule has 4 rings (SSSR count). The maximum Gasteiger partial charge on any atom is 0.257 e. The highest BCUT2D eigenvalue weighted by Gasteiger charge is 2.15. The minimum absolute atomic E-state index is 0.0641. The summed E-state index contributed by atoms with van der Waals surface area (Å²) in [5.74, 6) is -0.304. The van der Waals surface area contributed by atoms with Crippen molar-refractivity contribution >= 4 is 39.6 Å². The summed E-state index contributed by atoms with van der Waals surface area (Å²) >= 11 is 2.99. The molecule has 1 aromatic carbocycles. The van der Waals surface area contributed by atoms with Gasteiger partial charge in [0.05, 0.1) is 22.8 Å². The van der Waals surface area contributed by atoms with Crippen molar-refractivity contribution in [3.63, 3.8) is 0 Å². The highest BCUT2D eigenvalue weighted by atomic mass is 32.1. The first-order valence-electron chi connectivity index (χ1n) is 8.95. The zero-order valence-corrected chi connectivity index (χ0v) is 17.8. The summed E-state index contributed by atoms with van der Waals surface area (Å²) in [4.78, 5) is 31.3. The second-order valence-electron chi connectivity index (χ2n) is 6.35. The SMILES string of the molecule is CC(=O)NCc1ccc(-c2nc(NC(=O)c3ccc(-n4cnnn4)cc3)sc2C)s1. The molecule has 0 radical (unpaired) electrons. The van der Waals surface area contributed by atoms with Crippen LogP contribution in [0.5, 0.6) is 0 Å². The van der Waals surface area contributed by atoms with Gasteiger partial charge in [0.2, 0.25) is 5.91 Å². The van der Waals surface area contributed by atoms with Crippen LogP contribution in [0.1, 0.15) is 27.0 Å². The lowest BCUT2D eigenvalue weighted by atomic mass is 10.2. The number of aryl methyl sites for hydroxylation is 1. The molecular weight excluding hydrogens is 422 g/mol. The van der Waals surface area contributed by atoms with Crippen molar-refractivity contribution in [1.29, 1.82) is 0 Å². The van der Waals surface area contributed by atoms with Gasteiger partial charge >= 0.3 is 0 Å². The van der Waals surface area contributed by atoms with Crippen molar-refractivity contribution in [3.05, 3.63) is 58.0 Å². The highest BCUT2D eigenvalue weighted by molar-refractivity contribution is 7.18. The maximum absolute atomic E-state index is 12.6. The molecular formula is C19H17N7O2S2. The average Bonchev–Trinajstić information content (AvgIpc) is 3.48. The predicted octanol–water partition coefficient (Wildman–Crippen LogP) is 3.04. The predicted molar refractivity (Wildman–Crippen MR) is 115 cm³/mol. The number of thiophene rings is 1. The number of carbonyl (C=O) groups is 2. The molecule has 0 aliphatic carbocycles. The topological polar surface area (TPSA) is 115 Å². The van der Waals surface area contributed by atoms with Crippen LogP contribution in [0.15, 0.2) is 42.7 Å². The molecule has 0 saturated carbocycles. The summed E-state index contributed by atoms with van der Waals surface area (Å²) in [6.07, 6.45) is 1.49. The van der Waals surface area contributed by atoms with Gasteiger partial charge in [0.15, 0.2) is 5.13 Å². The first kappa shape index (κ1) is 19.9. The lowest BCUT2D eigenvalue weighted by Crippen LogP contribution is -2.17. The average molecular weight is 440 g/mol. The second kappa shape index (κ2) is 8.51. The van der Waals surface area contributed by atoms with Gasteiger partial charge in [0.1, 0.15) is 6.33 Å². The molecule has 0 saturated heterocycles. The van der Waals surface area contributed by atoms with Crippen molar-refractivity contribution in [3.8, 4) is 16.3 Å². The van der Waals surface area contributed by atoms with Gasteiger partial charge < -0.3 is 5.32 Å². The van der Waals surface area contributed by atoms with Crippen LogP contribution in [-0.4, -0.2) is 37.0 Å². The van der Waals surface area contributed by atoms with Crippen LogP contribution in [0.2, 0.25) is 0 Å². The Labute approximate surface area is 179 Å². The van der Waals surface area contributed by atoms with Gasteiger partial charge in [-0.25, -0.2) is 9.67 Å². The second-order valence-corrected chi connectivity index (χ2v) is 8.73. The molecule has 0 atom stereocenters. The number of nitrogens with one attached hydrogen (secondary N) is 2. The van der Waals surface area contributed by atoms with Gasteiger partial charge in [-0.2, -0.15) is 0 Å². The number of anilines is 1. The van der Waals surface area contributed by atoms with E-state index in [9.17, 15) is 9.59 Å². The number of carbonyl (C=O) groups excluding carboxylic acids is 2. The molecule has 9 nitrogen and oxygen atoms in total. The fourth-order valence-electron chi connectivity index (χ4n) is 2.70. The molecule has 2 N–H and O–H groups in total. The first-order chi connectivity index (χ1) is 14.5. The van der Waals surface area contributed by atoms with Gasteiger partial charge in [-0.1, -0.05) is 0 Å². The van der Waals surface area contributed by atoms with Crippen molar-refractivity contribution in [1.82, 2.24) is 30.5 Å². The van der Waals surface area contributed by atoms with Crippen LogP contribution < -0.4 is 10.6 Å². The highest BCUT2D eigenvalue weighted by Crippen LogP contribution is 2.34. The number of thiazole rings is 1. The Bertz CT molecular complexity index is 1180. The van der Waals surface area contributed by atoms with E-state index in [4.69, 9.17) is 0 Å². The van der Waals surface area contributed by atoms with E-state index >= 15 is 0 Å². The fraction of sp³-hybridized carbons (Fsp3) is 0.158. The molecule has 30 heavy (non-hydrogen) atoms. The molecule has 0 bridgehead atoms. The summed E-state index contributed by atoms with van der Waals surface area (Å²) in [7, 11) is 0. The van der Waals surface area contributed by atoms with Crippen LogP contribution in [0.4, 0.5) is 5.13 Å². The van der Waals surface area contributed by atoms with E-state index in [1.807, 2.05) is 19.1 Å². The van der Waals surface area contributed by atoms with E-state index in [1.54, 1.807) is 35.6 Å². The number of rotatable bonds is 6. The summed E-state index contributed by atoms with van der Waals surface area (Å²) in [5.41, 5.74) is 2.11. The number of nitrogens with zero attached hydrogens (tertiary/aromatic N) is 5.